The number of hydrogen-bond acceptors (Lipinski definition) is 1. The molecule has 108 valence electrons. The lowest BCUT2D eigenvalue weighted by molar-refractivity contribution is 0.0975. The summed E-state index contributed by atoms with van der Waals surface area (Å²) in [5.41, 5.74) is 4.21. The van der Waals surface area contributed by atoms with Gasteiger partial charge in [0.2, 0.25) is 0 Å². The molecule has 0 spiro atoms. The fraction of sp³-hybridized carbons (Fsp3) is 0.632. The molecule has 0 bridgehead atoms. The molecule has 1 heteroatoms. The third kappa shape index (κ3) is 2.43. The van der Waals surface area contributed by atoms with Crippen LogP contribution in [0.15, 0.2) is 18.2 Å². The van der Waals surface area contributed by atoms with Crippen molar-refractivity contribution in [2.75, 3.05) is 0 Å². The van der Waals surface area contributed by atoms with E-state index in [1.165, 1.54) is 36.8 Å². The lowest BCUT2D eigenvalue weighted by Crippen LogP contribution is -2.34. The van der Waals surface area contributed by atoms with E-state index in [4.69, 9.17) is 0 Å². The van der Waals surface area contributed by atoms with Crippen LogP contribution >= 0.6 is 0 Å². The van der Waals surface area contributed by atoms with Gasteiger partial charge >= 0.3 is 0 Å². The van der Waals surface area contributed by atoms with Crippen molar-refractivity contribution in [3.8, 4) is 0 Å². The van der Waals surface area contributed by atoms with Gasteiger partial charge in [-0.05, 0) is 59.6 Å². The Morgan fingerprint density at radius 3 is 2.25 bits per heavy atom. The molecule has 0 amide bonds. The molecule has 0 radical (unpaired) electrons. The quantitative estimate of drug-likeness (QED) is 0.705. The number of ketones is 1. The summed E-state index contributed by atoms with van der Waals surface area (Å²) in [5, 5.41) is 0. The highest BCUT2D eigenvalue weighted by molar-refractivity contribution is 5.96. The summed E-state index contributed by atoms with van der Waals surface area (Å²) >= 11 is 0. The molecule has 0 aliphatic heterocycles. The standard InChI is InChI=1S/C19H26O/c1-18(2)9-10-19(3,4)16-12-14(7-8-15(16)18)17(20)11-13-5-6-13/h7-8,12-13H,5-6,9-11H2,1-4H3. The number of Topliss-reactive ketones (excluding diaryl/α,β-unsaturated/α-hetero) is 1. The second-order valence-electron chi connectivity index (χ2n) is 8.10. The Morgan fingerprint density at radius 2 is 1.65 bits per heavy atom. The second-order valence-corrected chi connectivity index (χ2v) is 8.10. The van der Waals surface area contributed by atoms with E-state index in [9.17, 15) is 4.79 Å². The van der Waals surface area contributed by atoms with Crippen molar-refractivity contribution in [2.24, 2.45) is 5.92 Å². The normalized spacial score (nSPS) is 23.2. The zero-order valence-corrected chi connectivity index (χ0v) is 13.3. The summed E-state index contributed by atoms with van der Waals surface area (Å²) < 4.78 is 0. The van der Waals surface area contributed by atoms with Gasteiger partial charge in [0.25, 0.3) is 0 Å². The first-order valence-corrected chi connectivity index (χ1v) is 7.98. The van der Waals surface area contributed by atoms with Crippen LogP contribution < -0.4 is 0 Å². The van der Waals surface area contributed by atoms with E-state index in [2.05, 4.69) is 45.9 Å². The second kappa shape index (κ2) is 4.44. The molecule has 2 aliphatic rings. The zero-order chi connectivity index (χ0) is 14.5. The predicted molar refractivity (Wildman–Crippen MR) is 83.4 cm³/mol. The van der Waals surface area contributed by atoms with E-state index in [1.54, 1.807) is 0 Å². The van der Waals surface area contributed by atoms with Crippen molar-refractivity contribution >= 4 is 5.78 Å². The first-order chi connectivity index (χ1) is 9.29. The highest BCUT2D eigenvalue weighted by atomic mass is 16.1. The molecule has 0 N–H and O–H groups in total. The van der Waals surface area contributed by atoms with E-state index < -0.39 is 0 Å². The van der Waals surface area contributed by atoms with Crippen LogP contribution in [0.1, 0.15) is 81.3 Å². The van der Waals surface area contributed by atoms with Crippen molar-refractivity contribution in [1.82, 2.24) is 0 Å². The molecule has 20 heavy (non-hydrogen) atoms. The summed E-state index contributed by atoms with van der Waals surface area (Å²) in [5.74, 6) is 1.01. The van der Waals surface area contributed by atoms with Gasteiger partial charge in [-0.3, -0.25) is 4.79 Å². The maximum absolute atomic E-state index is 12.4. The SMILES string of the molecule is CC1(C)CCC(C)(C)c2cc(C(=O)CC3CC3)ccc21. The number of benzene rings is 1. The molecule has 1 saturated carbocycles. The van der Waals surface area contributed by atoms with Crippen LogP contribution in [0.5, 0.6) is 0 Å². The Balaban J connectivity index is 1.99. The van der Waals surface area contributed by atoms with Crippen LogP contribution in [-0.4, -0.2) is 5.78 Å². The van der Waals surface area contributed by atoms with Gasteiger partial charge in [0, 0.05) is 12.0 Å². The number of carbonyl (C=O) groups is 1. The first kappa shape index (κ1) is 13.9. The monoisotopic (exact) mass is 270 g/mol. The zero-order valence-electron chi connectivity index (χ0n) is 13.3. The van der Waals surface area contributed by atoms with E-state index in [0.717, 1.165) is 12.0 Å². The van der Waals surface area contributed by atoms with E-state index in [0.29, 0.717) is 11.7 Å². The molecule has 1 nitrogen and oxygen atoms in total. The molecule has 0 aromatic heterocycles. The predicted octanol–water partition coefficient (Wildman–Crippen LogP) is 5.02. The minimum absolute atomic E-state index is 0.195. The summed E-state index contributed by atoms with van der Waals surface area (Å²) in [6.45, 7) is 9.28. The Labute approximate surface area is 122 Å². The maximum Gasteiger partial charge on any atom is 0.163 e. The van der Waals surface area contributed by atoms with Crippen LogP contribution in [0.25, 0.3) is 0 Å². The molecule has 1 aromatic rings. The molecule has 2 aliphatic carbocycles. The number of hydrogen-bond donors (Lipinski definition) is 0. The van der Waals surface area contributed by atoms with Gasteiger partial charge in [-0.2, -0.15) is 0 Å². The van der Waals surface area contributed by atoms with Crippen LogP contribution in [0.3, 0.4) is 0 Å². The van der Waals surface area contributed by atoms with E-state index in [1.807, 2.05) is 0 Å². The maximum atomic E-state index is 12.4. The Kier molecular flexibility index (Phi) is 3.08. The van der Waals surface area contributed by atoms with Gasteiger partial charge in [-0.15, -0.1) is 0 Å². The van der Waals surface area contributed by atoms with Crippen LogP contribution in [0.4, 0.5) is 0 Å². The molecular weight excluding hydrogens is 244 g/mol. The number of carbonyl (C=O) groups excluding carboxylic acids is 1. The van der Waals surface area contributed by atoms with Gasteiger partial charge in [0.1, 0.15) is 0 Å². The van der Waals surface area contributed by atoms with Gasteiger partial charge in [-0.1, -0.05) is 39.8 Å². The summed E-state index contributed by atoms with van der Waals surface area (Å²) in [6, 6.07) is 6.48. The molecule has 0 unspecified atom stereocenters. The minimum Gasteiger partial charge on any atom is -0.294 e. The largest absolute Gasteiger partial charge is 0.294 e. The highest BCUT2D eigenvalue weighted by Crippen LogP contribution is 2.46. The first-order valence-electron chi connectivity index (χ1n) is 7.98. The molecule has 0 atom stereocenters. The summed E-state index contributed by atoms with van der Waals surface area (Å²) in [7, 11) is 0. The van der Waals surface area contributed by atoms with Crippen LogP contribution in [0.2, 0.25) is 0 Å². The molecule has 0 saturated heterocycles. The van der Waals surface area contributed by atoms with Crippen molar-refractivity contribution in [1.29, 1.82) is 0 Å². The molecule has 3 rings (SSSR count). The smallest absolute Gasteiger partial charge is 0.163 e. The average molecular weight is 270 g/mol. The van der Waals surface area contributed by atoms with Gasteiger partial charge < -0.3 is 0 Å². The topological polar surface area (TPSA) is 17.1 Å². The minimum atomic E-state index is 0.195. The Morgan fingerprint density at radius 1 is 1.05 bits per heavy atom. The van der Waals surface area contributed by atoms with Crippen LogP contribution in [-0.2, 0) is 10.8 Å². The van der Waals surface area contributed by atoms with E-state index >= 15 is 0 Å². The molecular formula is C19H26O. The van der Waals surface area contributed by atoms with Crippen LogP contribution in [0, 0.1) is 5.92 Å². The summed E-state index contributed by atoms with van der Waals surface area (Å²) in [4.78, 5) is 12.4. The lowest BCUT2D eigenvalue weighted by Gasteiger charge is -2.42. The van der Waals surface area contributed by atoms with Crippen molar-refractivity contribution < 1.29 is 4.79 Å². The molecule has 0 heterocycles. The van der Waals surface area contributed by atoms with Crippen molar-refractivity contribution in [3.05, 3.63) is 34.9 Å². The Bertz CT molecular complexity index is 547. The molecule has 1 aromatic carbocycles. The van der Waals surface area contributed by atoms with Crippen molar-refractivity contribution in [3.63, 3.8) is 0 Å². The fourth-order valence-corrected chi connectivity index (χ4v) is 3.46. The van der Waals surface area contributed by atoms with Gasteiger partial charge in [-0.25, -0.2) is 0 Å². The summed E-state index contributed by atoms with van der Waals surface area (Å²) in [6.07, 6.45) is 5.67. The highest BCUT2D eigenvalue weighted by Gasteiger charge is 2.37. The third-order valence-corrected chi connectivity index (χ3v) is 5.35. The fourth-order valence-electron chi connectivity index (χ4n) is 3.46. The Hall–Kier alpha value is -1.11. The van der Waals surface area contributed by atoms with E-state index in [-0.39, 0.29) is 10.8 Å². The number of fused-ring (bicyclic) bond motifs is 1. The molecule has 1 fully saturated rings. The number of rotatable bonds is 3. The average Bonchev–Trinajstić information content (AvgIpc) is 3.19. The van der Waals surface area contributed by atoms with Gasteiger partial charge in [0.05, 0.1) is 0 Å². The van der Waals surface area contributed by atoms with Crippen molar-refractivity contribution in [2.45, 2.75) is 70.6 Å². The lowest BCUT2D eigenvalue weighted by atomic mass is 9.63. The third-order valence-electron chi connectivity index (χ3n) is 5.35. The van der Waals surface area contributed by atoms with Gasteiger partial charge in [0.15, 0.2) is 5.78 Å².